The average molecular weight is 455 g/mol. The minimum absolute atomic E-state index is 0.0870. The molecular weight excluding hydrogens is 428 g/mol. The van der Waals surface area contributed by atoms with Crippen LogP contribution in [0.5, 0.6) is 17.2 Å². The Morgan fingerprint density at radius 3 is 2.21 bits per heavy atom. The Hall–Kier alpha value is -2.30. The van der Waals surface area contributed by atoms with Crippen LogP contribution in [0, 0.1) is 0 Å². The first kappa shape index (κ1) is 21.4. The summed E-state index contributed by atoms with van der Waals surface area (Å²) in [6, 6.07) is 24.1. The molecule has 0 aromatic heterocycles. The van der Waals surface area contributed by atoms with Crippen LogP contribution in [0.4, 0.5) is 0 Å². The minimum atomic E-state index is -0.0870. The van der Waals surface area contributed by atoms with Crippen molar-refractivity contribution in [3.63, 3.8) is 0 Å². The summed E-state index contributed by atoms with van der Waals surface area (Å²) in [5.41, 5.74) is 2.23. The molecule has 0 unspecified atom stereocenters. The molecule has 0 fully saturated rings. The molecule has 152 valence electrons. The van der Waals surface area contributed by atoms with E-state index in [-0.39, 0.29) is 5.41 Å². The molecule has 0 amide bonds. The van der Waals surface area contributed by atoms with Gasteiger partial charge in [-0.3, -0.25) is 0 Å². The largest absolute Gasteiger partial charge is 0.494 e. The van der Waals surface area contributed by atoms with Crippen LogP contribution in [0.3, 0.4) is 0 Å². The van der Waals surface area contributed by atoms with E-state index >= 15 is 0 Å². The fourth-order valence-corrected chi connectivity index (χ4v) is 3.28. The van der Waals surface area contributed by atoms with Crippen LogP contribution in [-0.4, -0.2) is 13.2 Å². The van der Waals surface area contributed by atoms with Gasteiger partial charge in [-0.25, -0.2) is 0 Å². The van der Waals surface area contributed by atoms with E-state index in [1.165, 1.54) is 5.56 Å². The minimum Gasteiger partial charge on any atom is -0.494 e. The van der Waals surface area contributed by atoms with Gasteiger partial charge in [-0.1, -0.05) is 54.0 Å². The van der Waals surface area contributed by atoms with E-state index in [0.29, 0.717) is 19.8 Å². The predicted molar refractivity (Wildman–Crippen MR) is 121 cm³/mol. The van der Waals surface area contributed by atoms with Gasteiger partial charge in [0.15, 0.2) is 0 Å². The smallest absolute Gasteiger partial charge is 0.127 e. The van der Waals surface area contributed by atoms with Gasteiger partial charge in [0.1, 0.15) is 17.2 Å². The van der Waals surface area contributed by atoms with E-state index in [9.17, 15) is 0 Å². The van der Waals surface area contributed by atoms with Gasteiger partial charge < -0.3 is 14.2 Å². The van der Waals surface area contributed by atoms with Crippen molar-refractivity contribution in [2.45, 2.75) is 32.8 Å². The van der Waals surface area contributed by atoms with E-state index in [1.807, 2.05) is 61.5 Å². The van der Waals surface area contributed by atoms with Crippen molar-refractivity contribution >= 4 is 15.9 Å². The van der Waals surface area contributed by atoms with Crippen LogP contribution in [0.25, 0.3) is 0 Å². The Kier molecular flexibility index (Phi) is 7.34. The van der Waals surface area contributed by atoms with Gasteiger partial charge in [0.05, 0.1) is 19.8 Å². The standard InChI is InChI=1S/C25H27BrO3/c1-4-28-22-12-8-20(9-13-22)25(2,3)18-27-17-19-6-5-7-24(16-19)29-23-14-10-21(26)11-15-23/h5-16H,4,17-18H2,1-3H3. The molecule has 0 aliphatic heterocycles. The molecule has 3 rings (SSSR count). The fraction of sp³-hybridized carbons (Fsp3) is 0.280. The summed E-state index contributed by atoms with van der Waals surface area (Å²) in [5.74, 6) is 2.51. The Morgan fingerprint density at radius 1 is 0.828 bits per heavy atom. The second-order valence-electron chi connectivity index (χ2n) is 7.54. The van der Waals surface area contributed by atoms with Crippen molar-refractivity contribution in [3.05, 3.63) is 88.4 Å². The van der Waals surface area contributed by atoms with Crippen LogP contribution >= 0.6 is 15.9 Å². The summed E-state index contributed by atoms with van der Waals surface area (Å²) in [5, 5.41) is 0. The summed E-state index contributed by atoms with van der Waals surface area (Å²) in [6.07, 6.45) is 0. The van der Waals surface area contributed by atoms with Crippen LogP contribution in [0.1, 0.15) is 31.9 Å². The van der Waals surface area contributed by atoms with Crippen molar-refractivity contribution < 1.29 is 14.2 Å². The lowest BCUT2D eigenvalue weighted by Crippen LogP contribution is -2.24. The van der Waals surface area contributed by atoms with Crippen molar-refractivity contribution in [2.24, 2.45) is 0 Å². The second kappa shape index (κ2) is 9.95. The molecule has 3 aromatic carbocycles. The molecule has 0 atom stereocenters. The maximum absolute atomic E-state index is 6.04. The van der Waals surface area contributed by atoms with Crippen LogP contribution < -0.4 is 9.47 Å². The quantitative estimate of drug-likeness (QED) is 0.343. The molecule has 0 radical (unpaired) electrons. The van der Waals surface area contributed by atoms with Crippen molar-refractivity contribution in [1.29, 1.82) is 0 Å². The van der Waals surface area contributed by atoms with Crippen molar-refractivity contribution in [1.82, 2.24) is 0 Å². The summed E-state index contributed by atoms with van der Waals surface area (Å²) in [4.78, 5) is 0. The van der Waals surface area contributed by atoms with Crippen molar-refractivity contribution in [3.8, 4) is 17.2 Å². The summed E-state index contributed by atoms with van der Waals surface area (Å²) in [6.45, 7) is 8.21. The summed E-state index contributed by atoms with van der Waals surface area (Å²) >= 11 is 3.44. The van der Waals surface area contributed by atoms with Gasteiger partial charge in [0, 0.05) is 9.89 Å². The summed E-state index contributed by atoms with van der Waals surface area (Å²) in [7, 11) is 0. The van der Waals surface area contributed by atoms with E-state index < -0.39 is 0 Å². The summed E-state index contributed by atoms with van der Waals surface area (Å²) < 4.78 is 18.5. The zero-order chi connectivity index (χ0) is 20.7. The number of hydrogen-bond acceptors (Lipinski definition) is 3. The molecule has 0 saturated carbocycles. The molecule has 0 spiro atoms. The van der Waals surface area contributed by atoms with Crippen LogP contribution in [0.2, 0.25) is 0 Å². The van der Waals surface area contributed by atoms with Gasteiger partial charge in [-0.2, -0.15) is 0 Å². The number of ether oxygens (including phenoxy) is 3. The Morgan fingerprint density at radius 2 is 1.52 bits per heavy atom. The zero-order valence-electron chi connectivity index (χ0n) is 17.2. The molecule has 0 saturated heterocycles. The first-order valence-corrected chi connectivity index (χ1v) is 10.6. The highest BCUT2D eigenvalue weighted by Crippen LogP contribution is 2.27. The topological polar surface area (TPSA) is 27.7 Å². The van der Waals surface area contributed by atoms with Gasteiger partial charge in [-0.15, -0.1) is 0 Å². The lowest BCUT2D eigenvalue weighted by molar-refractivity contribution is 0.0824. The van der Waals surface area contributed by atoms with Crippen LogP contribution in [-0.2, 0) is 16.8 Å². The Balaban J connectivity index is 1.56. The highest BCUT2D eigenvalue weighted by atomic mass is 79.9. The molecule has 0 bridgehead atoms. The maximum atomic E-state index is 6.04. The third-order valence-electron chi connectivity index (χ3n) is 4.63. The fourth-order valence-electron chi connectivity index (χ4n) is 3.01. The molecule has 3 nitrogen and oxygen atoms in total. The number of rotatable bonds is 9. The number of benzene rings is 3. The molecule has 3 aromatic rings. The molecule has 0 heterocycles. The first-order chi connectivity index (χ1) is 14.0. The third-order valence-corrected chi connectivity index (χ3v) is 5.15. The Labute approximate surface area is 181 Å². The molecule has 0 aliphatic carbocycles. The molecule has 0 aliphatic rings. The highest BCUT2D eigenvalue weighted by molar-refractivity contribution is 9.10. The molecule has 4 heteroatoms. The first-order valence-electron chi connectivity index (χ1n) is 9.80. The Bertz CT molecular complexity index is 902. The van der Waals surface area contributed by atoms with Gasteiger partial charge >= 0.3 is 0 Å². The number of hydrogen-bond donors (Lipinski definition) is 0. The van der Waals surface area contributed by atoms with E-state index in [2.05, 4.69) is 48.0 Å². The second-order valence-corrected chi connectivity index (χ2v) is 8.45. The van der Waals surface area contributed by atoms with Gasteiger partial charge in [0.2, 0.25) is 0 Å². The SMILES string of the molecule is CCOc1ccc(C(C)(C)COCc2cccc(Oc3ccc(Br)cc3)c2)cc1. The molecular formula is C25H27BrO3. The zero-order valence-corrected chi connectivity index (χ0v) is 18.7. The maximum Gasteiger partial charge on any atom is 0.127 e. The normalized spacial score (nSPS) is 11.3. The van der Waals surface area contributed by atoms with E-state index in [1.54, 1.807) is 0 Å². The number of halogens is 1. The molecule has 29 heavy (non-hydrogen) atoms. The van der Waals surface area contributed by atoms with E-state index in [0.717, 1.165) is 27.3 Å². The third kappa shape index (κ3) is 6.34. The molecule has 0 N–H and O–H groups in total. The lowest BCUT2D eigenvalue weighted by atomic mass is 9.85. The predicted octanol–water partition coefficient (Wildman–Crippen LogP) is 7.13. The average Bonchev–Trinajstić information content (AvgIpc) is 2.71. The highest BCUT2D eigenvalue weighted by Gasteiger charge is 2.21. The lowest BCUT2D eigenvalue weighted by Gasteiger charge is -2.25. The van der Waals surface area contributed by atoms with Gasteiger partial charge in [0.25, 0.3) is 0 Å². The van der Waals surface area contributed by atoms with Gasteiger partial charge in [-0.05, 0) is 66.6 Å². The van der Waals surface area contributed by atoms with E-state index in [4.69, 9.17) is 14.2 Å². The van der Waals surface area contributed by atoms with Crippen molar-refractivity contribution in [2.75, 3.05) is 13.2 Å². The monoisotopic (exact) mass is 454 g/mol. The van der Waals surface area contributed by atoms with Crippen LogP contribution in [0.15, 0.2) is 77.3 Å².